The topological polar surface area (TPSA) is 58.2 Å². The second-order valence-corrected chi connectivity index (χ2v) is 5.53. The van der Waals surface area contributed by atoms with Gasteiger partial charge < -0.3 is 5.32 Å². The van der Waals surface area contributed by atoms with E-state index in [1.165, 1.54) is 19.1 Å². The number of rotatable bonds is 6. The summed E-state index contributed by atoms with van der Waals surface area (Å²) < 4.78 is 38.9. The quantitative estimate of drug-likeness (QED) is 0.762. The highest BCUT2D eigenvalue weighted by molar-refractivity contribution is 7.92. The molecular formula is C11H17FN2O2S. The smallest absolute Gasteiger partial charge is 0.233 e. The van der Waals surface area contributed by atoms with Crippen LogP contribution in [0.1, 0.15) is 12.5 Å². The van der Waals surface area contributed by atoms with Gasteiger partial charge in [-0.05, 0) is 25.6 Å². The Morgan fingerprint density at radius 1 is 1.35 bits per heavy atom. The molecular weight excluding hydrogens is 243 g/mol. The van der Waals surface area contributed by atoms with E-state index in [0.717, 1.165) is 0 Å². The van der Waals surface area contributed by atoms with Crippen molar-refractivity contribution in [2.45, 2.75) is 13.8 Å². The van der Waals surface area contributed by atoms with Crippen LogP contribution in [0.25, 0.3) is 0 Å². The number of halogens is 1. The molecule has 17 heavy (non-hydrogen) atoms. The second kappa shape index (κ2) is 5.97. The Morgan fingerprint density at radius 2 is 2.06 bits per heavy atom. The lowest BCUT2D eigenvalue weighted by Crippen LogP contribution is -2.26. The van der Waals surface area contributed by atoms with Crippen LogP contribution in [0.4, 0.5) is 10.1 Å². The van der Waals surface area contributed by atoms with Crippen LogP contribution in [-0.4, -0.2) is 27.3 Å². The van der Waals surface area contributed by atoms with Crippen molar-refractivity contribution < 1.29 is 12.8 Å². The first-order chi connectivity index (χ1) is 7.96. The molecule has 0 radical (unpaired) electrons. The van der Waals surface area contributed by atoms with Gasteiger partial charge in [0, 0.05) is 12.1 Å². The van der Waals surface area contributed by atoms with Crippen molar-refractivity contribution in [3.63, 3.8) is 0 Å². The molecule has 0 aliphatic heterocycles. The number of hydrogen-bond donors (Lipinski definition) is 2. The van der Waals surface area contributed by atoms with Gasteiger partial charge in [-0.15, -0.1) is 0 Å². The molecule has 0 spiro atoms. The van der Waals surface area contributed by atoms with E-state index in [1.807, 2.05) is 6.92 Å². The molecule has 1 rings (SSSR count). The average molecular weight is 260 g/mol. The minimum atomic E-state index is -3.43. The molecule has 6 heteroatoms. The minimum absolute atomic E-state index is 0.0310. The summed E-state index contributed by atoms with van der Waals surface area (Å²) in [6.45, 7) is 4.53. The molecule has 2 N–H and O–H groups in total. The fraction of sp³-hybridized carbons (Fsp3) is 0.455. The van der Waals surface area contributed by atoms with E-state index in [0.29, 0.717) is 24.3 Å². The molecule has 1 aromatic carbocycles. The molecule has 1 aromatic rings. The molecule has 4 nitrogen and oxygen atoms in total. The summed E-state index contributed by atoms with van der Waals surface area (Å²) in [6, 6.07) is 4.32. The van der Waals surface area contributed by atoms with Crippen LogP contribution in [0.3, 0.4) is 0 Å². The highest BCUT2D eigenvalue weighted by Gasteiger charge is 2.12. The molecule has 0 saturated carbocycles. The second-order valence-electron chi connectivity index (χ2n) is 3.69. The Labute approximate surface area is 101 Å². The Bertz CT molecular complexity index is 474. The molecule has 0 fully saturated rings. The first-order valence-electron chi connectivity index (χ1n) is 5.42. The molecule has 0 saturated heterocycles. The van der Waals surface area contributed by atoms with E-state index in [9.17, 15) is 12.8 Å². The zero-order valence-electron chi connectivity index (χ0n) is 9.96. The highest BCUT2D eigenvalue weighted by atomic mass is 32.2. The molecule has 96 valence electrons. The Balaban J connectivity index is 2.73. The van der Waals surface area contributed by atoms with E-state index < -0.39 is 15.8 Å². The van der Waals surface area contributed by atoms with Crippen LogP contribution < -0.4 is 10.0 Å². The van der Waals surface area contributed by atoms with Crippen LogP contribution in [0.2, 0.25) is 0 Å². The predicted molar refractivity (Wildman–Crippen MR) is 67.1 cm³/mol. The van der Waals surface area contributed by atoms with Gasteiger partial charge in [-0.3, -0.25) is 4.72 Å². The average Bonchev–Trinajstić information content (AvgIpc) is 2.25. The first-order valence-corrected chi connectivity index (χ1v) is 7.08. The summed E-state index contributed by atoms with van der Waals surface area (Å²) in [4.78, 5) is 0. The molecule has 0 aromatic heterocycles. The summed E-state index contributed by atoms with van der Waals surface area (Å²) in [7, 11) is -3.43. The maximum absolute atomic E-state index is 13.2. The van der Waals surface area contributed by atoms with Crippen molar-refractivity contribution in [2.75, 3.05) is 23.6 Å². The summed E-state index contributed by atoms with van der Waals surface area (Å²) >= 11 is 0. The van der Waals surface area contributed by atoms with E-state index in [-0.39, 0.29) is 5.75 Å². The summed E-state index contributed by atoms with van der Waals surface area (Å²) in [5.74, 6) is -0.451. The number of nitrogens with one attached hydrogen (secondary N) is 2. The largest absolute Gasteiger partial charge is 0.316 e. The van der Waals surface area contributed by atoms with Gasteiger partial charge in [-0.2, -0.15) is 0 Å². The number of benzene rings is 1. The molecule has 0 bridgehead atoms. The lowest BCUT2D eigenvalue weighted by atomic mass is 10.2. The van der Waals surface area contributed by atoms with Crippen LogP contribution >= 0.6 is 0 Å². The number of sulfonamides is 1. The van der Waals surface area contributed by atoms with Gasteiger partial charge in [0.2, 0.25) is 10.0 Å². The summed E-state index contributed by atoms with van der Waals surface area (Å²) in [6.07, 6.45) is 0. The lowest BCUT2D eigenvalue weighted by Gasteiger charge is -2.10. The fourth-order valence-electron chi connectivity index (χ4n) is 1.32. The summed E-state index contributed by atoms with van der Waals surface area (Å²) in [5.41, 5.74) is 0.598. The van der Waals surface area contributed by atoms with Crippen LogP contribution in [-0.2, 0) is 10.0 Å². The van der Waals surface area contributed by atoms with Gasteiger partial charge in [-0.1, -0.05) is 13.0 Å². The van der Waals surface area contributed by atoms with Crippen molar-refractivity contribution in [1.29, 1.82) is 0 Å². The molecule has 0 heterocycles. The third-order valence-electron chi connectivity index (χ3n) is 2.33. The zero-order valence-corrected chi connectivity index (χ0v) is 10.8. The van der Waals surface area contributed by atoms with Crippen molar-refractivity contribution in [3.05, 3.63) is 29.6 Å². The minimum Gasteiger partial charge on any atom is -0.316 e. The lowest BCUT2D eigenvalue weighted by molar-refractivity contribution is 0.596. The molecule has 0 atom stereocenters. The Hall–Kier alpha value is -1.14. The van der Waals surface area contributed by atoms with Crippen molar-refractivity contribution in [2.24, 2.45) is 0 Å². The van der Waals surface area contributed by atoms with Crippen molar-refractivity contribution >= 4 is 15.7 Å². The summed E-state index contributed by atoms with van der Waals surface area (Å²) in [5, 5.41) is 2.92. The highest BCUT2D eigenvalue weighted by Crippen LogP contribution is 2.18. The van der Waals surface area contributed by atoms with Crippen LogP contribution in [0.15, 0.2) is 18.2 Å². The van der Waals surface area contributed by atoms with Gasteiger partial charge in [0.15, 0.2) is 0 Å². The van der Waals surface area contributed by atoms with Crippen molar-refractivity contribution in [3.8, 4) is 0 Å². The van der Waals surface area contributed by atoms with Gasteiger partial charge in [0.05, 0.1) is 11.4 Å². The first kappa shape index (κ1) is 13.9. The van der Waals surface area contributed by atoms with E-state index in [1.54, 1.807) is 6.07 Å². The SMILES string of the molecule is CCNCCS(=O)(=O)Nc1cccc(F)c1C. The van der Waals surface area contributed by atoms with E-state index >= 15 is 0 Å². The zero-order chi connectivity index (χ0) is 12.9. The molecule has 0 amide bonds. The van der Waals surface area contributed by atoms with Crippen molar-refractivity contribution in [1.82, 2.24) is 5.32 Å². The van der Waals surface area contributed by atoms with Gasteiger partial charge in [-0.25, -0.2) is 12.8 Å². The maximum Gasteiger partial charge on any atom is 0.233 e. The van der Waals surface area contributed by atoms with Crippen LogP contribution in [0, 0.1) is 12.7 Å². The number of anilines is 1. The molecule has 0 aliphatic carbocycles. The Kier molecular flexibility index (Phi) is 4.89. The standard InChI is InChI=1S/C11H17FN2O2S/c1-3-13-7-8-17(15,16)14-11-6-4-5-10(12)9(11)2/h4-6,13-14H,3,7-8H2,1-2H3. The third kappa shape index (κ3) is 4.32. The van der Waals surface area contributed by atoms with E-state index in [2.05, 4.69) is 10.0 Å². The fourth-order valence-corrected chi connectivity index (χ4v) is 2.39. The van der Waals surface area contributed by atoms with Crippen LogP contribution in [0.5, 0.6) is 0 Å². The third-order valence-corrected chi connectivity index (χ3v) is 3.60. The molecule has 0 unspecified atom stereocenters. The van der Waals surface area contributed by atoms with Gasteiger partial charge in [0.25, 0.3) is 0 Å². The van der Waals surface area contributed by atoms with E-state index in [4.69, 9.17) is 0 Å². The van der Waals surface area contributed by atoms with Gasteiger partial charge in [0.1, 0.15) is 5.82 Å². The maximum atomic E-state index is 13.2. The monoisotopic (exact) mass is 260 g/mol. The van der Waals surface area contributed by atoms with Gasteiger partial charge >= 0.3 is 0 Å². The molecule has 0 aliphatic rings. The predicted octanol–water partition coefficient (Wildman–Crippen LogP) is 1.49. The number of hydrogen-bond acceptors (Lipinski definition) is 3. The Morgan fingerprint density at radius 3 is 2.71 bits per heavy atom. The normalized spacial score (nSPS) is 11.5.